The largest absolute Gasteiger partial charge is 0.355 e. The molecular formula is C15H20ClNOS. The summed E-state index contributed by atoms with van der Waals surface area (Å²) in [6.45, 7) is 0.735. The van der Waals surface area contributed by atoms with Crippen LogP contribution in [0.15, 0.2) is 29.2 Å². The highest BCUT2D eigenvalue weighted by atomic mass is 35.5. The zero-order chi connectivity index (χ0) is 13.5. The fourth-order valence-corrected chi connectivity index (χ4v) is 3.33. The zero-order valence-electron chi connectivity index (χ0n) is 11.0. The van der Waals surface area contributed by atoms with Crippen molar-refractivity contribution < 1.29 is 4.79 Å². The maximum absolute atomic E-state index is 11.7. The molecule has 0 saturated heterocycles. The molecule has 0 unspecified atom stereocenters. The number of hydrogen-bond acceptors (Lipinski definition) is 2. The van der Waals surface area contributed by atoms with Crippen molar-refractivity contribution in [3.8, 4) is 0 Å². The minimum Gasteiger partial charge on any atom is -0.355 e. The van der Waals surface area contributed by atoms with Gasteiger partial charge in [0.05, 0.1) is 0 Å². The van der Waals surface area contributed by atoms with Crippen molar-refractivity contribution in [2.45, 2.75) is 37.0 Å². The summed E-state index contributed by atoms with van der Waals surface area (Å²) in [5, 5.41) is 3.76. The molecule has 0 heterocycles. The van der Waals surface area contributed by atoms with Gasteiger partial charge in [0.15, 0.2) is 0 Å². The number of amides is 1. The van der Waals surface area contributed by atoms with Gasteiger partial charge in [-0.15, -0.1) is 11.8 Å². The van der Waals surface area contributed by atoms with Gasteiger partial charge < -0.3 is 5.32 Å². The second-order valence-corrected chi connectivity index (χ2v) is 6.61. The van der Waals surface area contributed by atoms with E-state index in [2.05, 4.69) is 5.32 Å². The maximum Gasteiger partial charge on any atom is 0.220 e. The van der Waals surface area contributed by atoms with Gasteiger partial charge in [-0.25, -0.2) is 0 Å². The second-order valence-electron chi connectivity index (χ2n) is 5.01. The van der Waals surface area contributed by atoms with E-state index in [9.17, 15) is 4.79 Å². The molecule has 1 aromatic carbocycles. The molecule has 1 aliphatic rings. The Morgan fingerprint density at radius 1 is 1.26 bits per heavy atom. The summed E-state index contributed by atoms with van der Waals surface area (Å²) in [5.41, 5.74) is 0. The Morgan fingerprint density at radius 2 is 1.95 bits per heavy atom. The lowest BCUT2D eigenvalue weighted by Gasteiger charge is -2.09. The van der Waals surface area contributed by atoms with Crippen molar-refractivity contribution in [1.82, 2.24) is 5.32 Å². The van der Waals surface area contributed by atoms with E-state index >= 15 is 0 Å². The van der Waals surface area contributed by atoms with Gasteiger partial charge in [0.25, 0.3) is 0 Å². The van der Waals surface area contributed by atoms with Crippen LogP contribution in [0.3, 0.4) is 0 Å². The standard InChI is InChI=1S/C15H20ClNOS/c16-13-5-7-14(8-6-13)19-10-9-17-15(18)11-12-3-1-2-4-12/h5-8,12H,1-4,9-11H2,(H,17,18). The molecule has 0 atom stereocenters. The van der Waals surface area contributed by atoms with Crippen LogP contribution in [0.2, 0.25) is 5.02 Å². The first-order chi connectivity index (χ1) is 9.24. The fraction of sp³-hybridized carbons (Fsp3) is 0.533. The first kappa shape index (κ1) is 14.7. The average molecular weight is 298 g/mol. The summed E-state index contributed by atoms with van der Waals surface area (Å²) < 4.78 is 0. The number of thioether (sulfide) groups is 1. The summed E-state index contributed by atoms with van der Waals surface area (Å²) in [6.07, 6.45) is 5.76. The molecule has 1 amide bonds. The molecule has 0 bridgehead atoms. The summed E-state index contributed by atoms with van der Waals surface area (Å²) in [4.78, 5) is 12.9. The molecular weight excluding hydrogens is 278 g/mol. The molecule has 0 aromatic heterocycles. The van der Waals surface area contributed by atoms with Gasteiger partial charge in [0, 0.05) is 28.6 Å². The van der Waals surface area contributed by atoms with Crippen molar-refractivity contribution in [3.05, 3.63) is 29.3 Å². The van der Waals surface area contributed by atoms with Gasteiger partial charge >= 0.3 is 0 Å². The fourth-order valence-electron chi connectivity index (χ4n) is 2.44. The maximum atomic E-state index is 11.7. The van der Waals surface area contributed by atoms with E-state index in [-0.39, 0.29) is 5.91 Å². The van der Waals surface area contributed by atoms with E-state index in [1.807, 2.05) is 24.3 Å². The van der Waals surface area contributed by atoms with Gasteiger partial charge in [-0.1, -0.05) is 24.4 Å². The summed E-state index contributed by atoms with van der Waals surface area (Å²) in [6, 6.07) is 7.80. The summed E-state index contributed by atoms with van der Waals surface area (Å²) >= 11 is 7.57. The van der Waals surface area contributed by atoms with E-state index in [4.69, 9.17) is 11.6 Å². The van der Waals surface area contributed by atoms with Crippen LogP contribution in [0.4, 0.5) is 0 Å². The number of nitrogens with one attached hydrogen (secondary N) is 1. The molecule has 1 aliphatic carbocycles. The zero-order valence-corrected chi connectivity index (χ0v) is 12.6. The lowest BCUT2D eigenvalue weighted by molar-refractivity contribution is -0.121. The van der Waals surface area contributed by atoms with Crippen LogP contribution in [0.1, 0.15) is 32.1 Å². The molecule has 1 aromatic rings. The predicted octanol–water partition coefficient (Wildman–Crippen LogP) is 4.13. The minimum atomic E-state index is 0.212. The highest BCUT2D eigenvalue weighted by Crippen LogP contribution is 2.27. The van der Waals surface area contributed by atoms with E-state index in [1.165, 1.54) is 30.6 Å². The Bertz CT molecular complexity index is 401. The lowest BCUT2D eigenvalue weighted by atomic mass is 10.0. The smallest absolute Gasteiger partial charge is 0.220 e. The van der Waals surface area contributed by atoms with Gasteiger partial charge in [0.1, 0.15) is 0 Å². The molecule has 0 aliphatic heterocycles. The van der Waals surface area contributed by atoms with Gasteiger partial charge in [-0.05, 0) is 43.0 Å². The van der Waals surface area contributed by atoms with Crippen LogP contribution < -0.4 is 5.32 Å². The van der Waals surface area contributed by atoms with E-state index in [0.29, 0.717) is 12.3 Å². The number of carbonyl (C=O) groups is 1. The Kier molecular flexibility index (Phi) is 6.05. The number of rotatable bonds is 6. The van der Waals surface area contributed by atoms with E-state index in [0.717, 1.165) is 17.3 Å². The highest BCUT2D eigenvalue weighted by Gasteiger charge is 2.17. The third kappa shape index (κ3) is 5.45. The van der Waals surface area contributed by atoms with Crippen LogP contribution in [-0.4, -0.2) is 18.2 Å². The number of benzene rings is 1. The molecule has 2 nitrogen and oxygen atoms in total. The Balaban J connectivity index is 1.58. The molecule has 104 valence electrons. The molecule has 2 rings (SSSR count). The first-order valence-corrected chi connectivity index (χ1v) is 8.25. The van der Waals surface area contributed by atoms with Gasteiger partial charge in [-0.2, -0.15) is 0 Å². The molecule has 0 radical (unpaired) electrons. The van der Waals surface area contributed by atoms with Crippen LogP contribution >= 0.6 is 23.4 Å². The molecule has 4 heteroatoms. The van der Waals surface area contributed by atoms with Crippen LogP contribution in [0, 0.1) is 5.92 Å². The van der Waals surface area contributed by atoms with E-state index in [1.54, 1.807) is 11.8 Å². The SMILES string of the molecule is O=C(CC1CCCC1)NCCSc1ccc(Cl)cc1. The summed E-state index contributed by atoms with van der Waals surface area (Å²) in [5.74, 6) is 1.74. The lowest BCUT2D eigenvalue weighted by Crippen LogP contribution is -2.27. The van der Waals surface area contributed by atoms with E-state index < -0.39 is 0 Å². The van der Waals surface area contributed by atoms with Crippen molar-refractivity contribution in [1.29, 1.82) is 0 Å². The van der Waals surface area contributed by atoms with Crippen LogP contribution in [0.25, 0.3) is 0 Å². The monoisotopic (exact) mass is 297 g/mol. The van der Waals surface area contributed by atoms with Crippen molar-refractivity contribution in [2.24, 2.45) is 5.92 Å². The van der Waals surface area contributed by atoms with Gasteiger partial charge in [0.2, 0.25) is 5.91 Å². The minimum absolute atomic E-state index is 0.212. The van der Waals surface area contributed by atoms with Gasteiger partial charge in [-0.3, -0.25) is 4.79 Å². The third-order valence-electron chi connectivity index (χ3n) is 3.46. The molecule has 1 N–H and O–H groups in total. The van der Waals surface area contributed by atoms with Crippen molar-refractivity contribution in [3.63, 3.8) is 0 Å². The normalized spacial score (nSPS) is 15.6. The van der Waals surface area contributed by atoms with Crippen molar-refractivity contribution in [2.75, 3.05) is 12.3 Å². The molecule has 0 spiro atoms. The number of hydrogen-bond donors (Lipinski definition) is 1. The van der Waals surface area contributed by atoms with Crippen LogP contribution in [-0.2, 0) is 4.79 Å². The Hall–Kier alpha value is -0.670. The highest BCUT2D eigenvalue weighted by molar-refractivity contribution is 7.99. The molecule has 1 fully saturated rings. The Labute approximate surface area is 124 Å². The number of halogens is 1. The quantitative estimate of drug-likeness (QED) is 0.632. The van der Waals surface area contributed by atoms with Crippen molar-refractivity contribution >= 4 is 29.3 Å². The molecule has 19 heavy (non-hydrogen) atoms. The Morgan fingerprint density at radius 3 is 2.63 bits per heavy atom. The van der Waals surface area contributed by atoms with Crippen LogP contribution in [0.5, 0.6) is 0 Å². The predicted molar refractivity (Wildman–Crippen MR) is 81.8 cm³/mol. The second kappa shape index (κ2) is 7.81. The first-order valence-electron chi connectivity index (χ1n) is 6.89. The average Bonchev–Trinajstić information content (AvgIpc) is 2.89. The third-order valence-corrected chi connectivity index (χ3v) is 4.72. The summed E-state index contributed by atoms with van der Waals surface area (Å²) in [7, 11) is 0. The topological polar surface area (TPSA) is 29.1 Å². The molecule has 1 saturated carbocycles. The number of carbonyl (C=O) groups excluding carboxylic acids is 1.